The molecule has 1 spiro atoms. The van der Waals surface area contributed by atoms with Gasteiger partial charge in [-0.15, -0.1) is 0 Å². The van der Waals surface area contributed by atoms with Crippen LogP contribution in [-0.4, -0.2) is 19.6 Å². The summed E-state index contributed by atoms with van der Waals surface area (Å²) >= 11 is 0. The van der Waals surface area contributed by atoms with E-state index in [0.717, 1.165) is 19.4 Å². The van der Waals surface area contributed by atoms with Crippen LogP contribution in [-0.2, 0) is 0 Å². The Labute approximate surface area is 99.2 Å². The van der Waals surface area contributed by atoms with Crippen molar-refractivity contribution in [3.8, 4) is 0 Å². The number of nitrogens with one attached hydrogen (secondary N) is 2. The molecule has 2 aliphatic rings. The van der Waals surface area contributed by atoms with E-state index in [-0.39, 0.29) is 0 Å². The largest absolute Gasteiger partial charge is 0.387 e. The third-order valence-corrected chi connectivity index (χ3v) is 4.08. The fourth-order valence-corrected chi connectivity index (χ4v) is 3.05. The molecule has 2 N–H and O–H groups in total. The van der Waals surface area contributed by atoms with Crippen molar-refractivity contribution in [3.63, 3.8) is 0 Å². The molecule has 2 rings (SSSR count). The van der Waals surface area contributed by atoms with Crippen LogP contribution in [0.15, 0.2) is 23.4 Å². The van der Waals surface area contributed by atoms with E-state index in [9.17, 15) is 0 Å². The fourth-order valence-electron chi connectivity index (χ4n) is 3.05. The van der Waals surface area contributed by atoms with Gasteiger partial charge in [0.15, 0.2) is 0 Å². The molecule has 2 heterocycles. The van der Waals surface area contributed by atoms with Gasteiger partial charge in [0.25, 0.3) is 0 Å². The highest BCUT2D eigenvalue weighted by atomic mass is 14.9. The van der Waals surface area contributed by atoms with Crippen LogP contribution in [0.1, 0.15) is 39.5 Å². The van der Waals surface area contributed by atoms with E-state index in [2.05, 4.69) is 36.6 Å². The number of allylic oxidation sites excluding steroid dienone is 3. The number of rotatable bonds is 1. The van der Waals surface area contributed by atoms with E-state index < -0.39 is 0 Å². The maximum Gasteiger partial charge on any atom is 0.0238 e. The van der Waals surface area contributed by atoms with Gasteiger partial charge in [0.2, 0.25) is 0 Å². The van der Waals surface area contributed by atoms with Crippen LogP contribution >= 0.6 is 0 Å². The summed E-state index contributed by atoms with van der Waals surface area (Å²) in [4.78, 5) is 0. The van der Waals surface area contributed by atoms with Crippen molar-refractivity contribution in [2.45, 2.75) is 39.5 Å². The Balaban J connectivity index is 2.14. The Morgan fingerprint density at radius 2 is 2.06 bits per heavy atom. The highest BCUT2D eigenvalue weighted by molar-refractivity contribution is 5.27. The first-order chi connectivity index (χ1) is 7.80. The third-order valence-electron chi connectivity index (χ3n) is 4.08. The van der Waals surface area contributed by atoms with Crippen molar-refractivity contribution >= 4 is 0 Å². The van der Waals surface area contributed by atoms with Crippen molar-refractivity contribution in [1.82, 2.24) is 10.6 Å². The van der Waals surface area contributed by atoms with Crippen LogP contribution in [0.25, 0.3) is 0 Å². The SMILES string of the molecule is C/C=C1\C/C(=C\CC)NCC12CCNCC2. The Hall–Kier alpha value is -0.760. The Kier molecular flexibility index (Phi) is 3.70. The van der Waals surface area contributed by atoms with Crippen LogP contribution in [0.5, 0.6) is 0 Å². The second-order valence-corrected chi connectivity index (χ2v) is 5.01. The van der Waals surface area contributed by atoms with Crippen molar-refractivity contribution < 1.29 is 0 Å². The predicted molar refractivity (Wildman–Crippen MR) is 69.3 cm³/mol. The summed E-state index contributed by atoms with van der Waals surface area (Å²) in [5, 5.41) is 7.11. The molecule has 0 bridgehead atoms. The molecule has 2 saturated heterocycles. The average Bonchev–Trinajstić information content (AvgIpc) is 2.33. The zero-order chi connectivity index (χ0) is 11.4. The van der Waals surface area contributed by atoms with Crippen LogP contribution in [0.2, 0.25) is 0 Å². The predicted octanol–water partition coefficient (Wildman–Crippen LogP) is 2.59. The van der Waals surface area contributed by atoms with Gasteiger partial charge < -0.3 is 10.6 Å². The minimum atomic E-state index is 0.449. The first-order valence-corrected chi connectivity index (χ1v) is 6.60. The monoisotopic (exact) mass is 220 g/mol. The minimum absolute atomic E-state index is 0.449. The van der Waals surface area contributed by atoms with Gasteiger partial charge in [0.05, 0.1) is 0 Å². The molecule has 0 aromatic carbocycles. The molecule has 2 aliphatic heterocycles. The number of hydrogen-bond donors (Lipinski definition) is 2. The molecule has 90 valence electrons. The summed E-state index contributed by atoms with van der Waals surface area (Å²) in [6, 6.07) is 0. The zero-order valence-corrected chi connectivity index (χ0v) is 10.6. The molecule has 0 atom stereocenters. The van der Waals surface area contributed by atoms with Crippen LogP contribution in [0.4, 0.5) is 0 Å². The zero-order valence-electron chi connectivity index (χ0n) is 10.6. The normalized spacial score (nSPS) is 29.6. The van der Waals surface area contributed by atoms with Gasteiger partial charge in [-0.3, -0.25) is 0 Å². The Morgan fingerprint density at radius 1 is 1.31 bits per heavy atom. The third kappa shape index (κ3) is 2.17. The molecule has 0 aliphatic carbocycles. The number of piperidine rings is 2. The molecule has 0 unspecified atom stereocenters. The first-order valence-electron chi connectivity index (χ1n) is 6.60. The maximum atomic E-state index is 3.64. The lowest BCUT2D eigenvalue weighted by molar-refractivity contribution is 0.229. The van der Waals surface area contributed by atoms with Crippen LogP contribution < -0.4 is 10.6 Å². The summed E-state index contributed by atoms with van der Waals surface area (Å²) in [6.07, 6.45) is 9.55. The average molecular weight is 220 g/mol. The minimum Gasteiger partial charge on any atom is -0.387 e. The molecule has 2 fully saturated rings. The van der Waals surface area contributed by atoms with Gasteiger partial charge >= 0.3 is 0 Å². The quantitative estimate of drug-likeness (QED) is 0.664. The molecular formula is C14H24N2. The fraction of sp³-hybridized carbons (Fsp3) is 0.714. The van der Waals surface area contributed by atoms with Gasteiger partial charge in [-0.25, -0.2) is 0 Å². The highest BCUT2D eigenvalue weighted by Crippen LogP contribution is 2.42. The lowest BCUT2D eigenvalue weighted by atomic mass is 9.69. The maximum absolute atomic E-state index is 3.64. The molecule has 2 nitrogen and oxygen atoms in total. The summed E-state index contributed by atoms with van der Waals surface area (Å²) in [7, 11) is 0. The summed E-state index contributed by atoms with van der Waals surface area (Å²) in [5.41, 5.74) is 3.54. The van der Waals surface area contributed by atoms with E-state index in [4.69, 9.17) is 0 Å². The second kappa shape index (κ2) is 5.05. The van der Waals surface area contributed by atoms with Gasteiger partial charge in [0.1, 0.15) is 0 Å². The van der Waals surface area contributed by atoms with E-state index >= 15 is 0 Å². The number of hydrogen-bond acceptors (Lipinski definition) is 2. The van der Waals surface area contributed by atoms with Crippen molar-refractivity contribution in [1.29, 1.82) is 0 Å². The van der Waals surface area contributed by atoms with E-state index in [0.29, 0.717) is 5.41 Å². The molecule has 0 aromatic rings. The van der Waals surface area contributed by atoms with E-state index in [1.165, 1.54) is 31.6 Å². The van der Waals surface area contributed by atoms with Crippen molar-refractivity contribution in [2.75, 3.05) is 19.6 Å². The van der Waals surface area contributed by atoms with Gasteiger partial charge in [-0.05, 0) is 39.3 Å². The van der Waals surface area contributed by atoms with Crippen LogP contribution in [0, 0.1) is 5.41 Å². The molecule has 0 saturated carbocycles. The van der Waals surface area contributed by atoms with Crippen molar-refractivity contribution in [2.24, 2.45) is 5.41 Å². The smallest absolute Gasteiger partial charge is 0.0238 e. The van der Waals surface area contributed by atoms with Gasteiger partial charge in [-0.1, -0.05) is 24.6 Å². The molecular weight excluding hydrogens is 196 g/mol. The lowest BCUT2D eigenvalue weighted by Gasteiger charge is -2.44. The van der Waals surface area contributed by atoms with Gasteiger partial charge in [0, 0.05) is 24.1 Å². The van der Waals surface area contributed by atoms with E-state index in [1.54, 1.807) is 5.57 Å². The first kappa shape index (κ1) is 11.7. The molecule has 2 heteroatoms. The molecule has 16 heavy (non-hydrogen) atoms. The van der Waals surface area contributed by atoms with Crippen molar-refractivity contribution in [3.05, 3.63) is 23.4 Å². The molecule has 0 aromatic heterocycles. The molecule has 0 radical (unpaired) electrons. The summed E-state index contributed by atoms with van der Waals surface area (Å²) in [6.45, 7) is 7.89. The standard InChI is InChI=1S/C14H24N2/c1-3-5-13-10-12(4-2)14(11-16-13)6-8-15-9-7-14/h4-5,15-16H,3,6-11H2,1-2H3/b12-4+,13-5+. The van der Waals surface area contributed by atoms with E-state index in [1.807, 2.05) is 0 Å². The summed E-state index contributed by atoms with van der Waals surface area (Å²) in [5.74, 6) is 0. The van der Waals surface area contributed by atoms with Gasteiger partial charge in [-0.2, -0.15) is 0 Å². The Bertz CT molecular complexity index is 296. The second-order valence-electron chi connectivity index (χ2n) is 5.01. The highest BCUT2D eigenvalue weighted by Gasteiger charge is 2.37. The topological polar surface area (TPSA) is 24.1 Å². The summed E-state index contributed by atoms with van der Waals surface area (Å²) < 4.78 is 0. The lowest BCUT2D eigenvalue weighted by Crippen LogP contribution is -2.47. The Morgan fingerprint density at radius 3 is 2.69 bits per heavy atom. The van der Waals surface area contributed by atoms with Crippen LogP contribution in [0.3, 0.4) is 0 Å². The molecule has 0 amide bonds.